The Morgan fingerprint density at radius 3 is 2.40 bits per heavy atom. The molecule has 116 valence electrons. The van der Waals surface area contributed by atoms with E-state index in [1.807, 2.05) is 6.92 Å². The van der Waals surface area contributed by atoms with Gasteiger partial charge >= 0.3 is 0 Å². The molecular weight excluding hydrogens is 250 g/mol. The number of carbonyl (C=O) groups excluding carboxylic acids is 1. The third kappa shape index (κ3) is 4.74. The Labute approximate surface area is 123 Å². The van der Waals surface area contributed by atoms with Gasteiger partial charge in [0.1, 0.15) is 0 Å². The summed E-state index contributed by atoms with van der Waals surface area (Å²) in [7, 11) is 0. The molecule has 0 aromatic carbocycles. The number of nitrogens with zero attached hydrogens (tertiary/aromatic N) is 1. The Hall–Kier alpha value is -0.610. The number of piperidine rings is 1. The maximum Gasteiger partial charge on any atom is 0.237 e. The summed E-state index contributed by atoms with van der Waals surface area (Å²) in [4.78, 5) is 14.5. The third-order valence-corrected chi connectivity index (χ3v) is 4.85. The van der Waals surface area contributed by atoms with Crippen LogP contribution in [0.2, 0.25) is 0 Å². The number of hydrogen-bond donors (Lipinski definition) is 2. The second kappa shape index (κ2) is 7.41. The summed E-state index contributed by atoms with van der Waals surface area (Å²) in [6, 6.07) is 1.11. The molecule has 2 rings (SSSR count). The van der Waals surface area contributed by atoms with Gasteiger partial charge in [-0.25, -0.2) is 0 Å². The van der Waals surface area contributed by atoms with E-state index in [1.54, 1.807) is 0 Å². The topological polar surface area (TPSA) is 44.4 Å². The van der Waals surface area contributed by atoms with Crippen LogP contribution < -0.4 is 10.6 Å². The first-order chi connectivity index (χ1) is 9.60. The first-order valence-corrected chi connectivity index (χ1v) is 8.38. The first kappa shape index (κ1) is 15.8. The minimum atomic E-state index is 0.0151. The summed E-state index contributed by atoms with van der Waals surface area (Å²) in [5.74, 6) is 0.991. The zero-order chi connectivity index (χ0) is 14.5. The Morgan fingerprint density at radius 1 is 1.20 bits per heavy atom. The van der Waals surface area contributed by atoms with Crippen molar-refractivity contribution < 1.29 is 4.79 Å². The molecule has 0 spiro atoms. The molecule has 2 N–H and O–H groups in total. The van der Waals surface area contributed by atoms with Crippen LogP contribution in [-0.2, 0) is 4.79 Å². The number of amides is 1. The molecule has 4 heteroatoms. The van der Waals surface area contributed by atoms with Gasteiger partial charge in [0.05, 0.1) is 6.04 Å². The predicted octanol–water partition coefficient (Wildman–Crippen LogP) is 1.75. The highest BCUT2D eigenvalue weighted by Crippen LogP contribution is 2.22. The molecular formula is C16H31N3O. The smallest absolute Gasteiger partial charge is 0.237 e. The first-order valence-electron chi connectivity index (χ1n) is 8.38. The molecule has 2 aliphatic rings. The molecule has 0 aromatic heterocycles. The van der Waals surface area contributed by atoms with Crippen LogP contribution in [0.5, 0.6) is 0 Å². The summed E-state index contributed by atoms with van der Waals surface area (Å²) in [6.45, 7) is 9.51. The fraction of sp³-hybridized carbons (Fsp3) is 0.938. The van der Waals surface area contributed by atoms with Gasteiger partial charge in [-0.15, -0.1) is 0 Å². The third-order valence-electron chi connectivity index (χ3n) is 4.85. The normalized spacial score (nSPS) is 24.4. The molecule has 2 fully saturated rings. The van der Waals surface area contributed by atoms with E-state index in [-0.39, 0.29) is 18.0 Å². The molecule has 2 atom stereocenters. The van der Waals surface area contributed by atoms with Gasteiger partial charge in [-0.1, -0.05) is 6.92 Å². The minimum Gasteiger partial charge on any atom is -0.352 e. The van der Waals surface area contributed by atoms with Crippen LogP contribution in [0.15, 0.2) is 0 Å². The maximum atomic E-state index is 12.2. The Balaban J connectivity index is 1.67. The van der Waals surface area contributed by atoms with E-state index in [0.717, 1.165) is 31.5 Å². The number of rotatable bonds is 7. The van der Waals surface area contributed by atoms with Crippen LogP contribution in [0.1, 0.15) is 52.9 Å². The van der Waals surface area contributed by atoms with Gasteiger partial charge in [-0.3, -0.25) is 9.69 Å². The number of carbonyl (C=O) groups is 1. The zero-order valence-corrected chi connectivity index (χ0v) is 13.3. The van der Waals surface area contributed by atoms with Crippen LogP contribution in [0.3, 0.4) is 0 Å². The van der Waals surface area contributed by atoms with Crippen LogP contribution >= 0.6 is 0 Å². The minimum absolute atomic E-state index is 0.0151. The van der Waals surface area contributed by atoms with Crippen molar-refractivity contribution in [2.45, 2.75) is 71.0 Å². The molecule has 1 amide bonds. The molecule has 1 heterocycles. The van der Waals surface area contributed by atoms with Gasteiger partial charge in [0.15, 0.2) is 0 Å². The van der Waals surface area contributed by atoms with Crippen molar-refractivity contribution in [1.82, 2.24) is 15.5 Å². The fourth-order valence-electron chi connectivity index (χ4n) is 2.80. The van der Waals surface area contributed by atoms with E-state index in [4.69, 9.17) is 0 Å². The molecule has 2 unspecified atom stereocenters. The number of likely N-dealkylation sites (tertiary alicyclic amines) is 1. The van der Waals surface area contributed by atoms with E-state index >= 15 is 0 Å². The van der Waals surface area contributed by atoms with Crippen LogP contribution in [0.4, 0.5) is 0 Å². The van der Waals surface area contributed by atoms with Crippen molar-refractivity contribution in [1.29, 1.82) is 0 Å². The van der Waals surface area contributed by atoms with E-state index in [0.29, 0.717) is 0 Å². The van der Waals surface area contributed by atoms with Gasteiger partial charge in [0.25, 0.3) is 0 Å². The lowest BCUT2D eigenvalue weighted by Gasteiger charge is -2.35. The predicted molar refractivity (Wildman–Crippen MR) is 82.7 cm³/mol. The van der Waals surface area contributed by atoms with Crippen molar-refractivity contribution in [3.63, 3.8) is 0 Å². The lowest BCUT2D eigenvalue weighted by atomic mass is 9.95. The summed E-state index contributed by atoms with van der Waals surface area (Å²) in [5.41, 5.74) is 0. The second-order valence-electron chi connectivity index (χ2n) is 6.66. The van der Waals surface area contributed by atoms with Gasteiger partial charge in [-0.2, -0.15) is 0 Å². The molecule has 0 aromatic rings. The molecule has 4 nitrogen and oxygen atoms in total. The van der Waals surface area contributed by atoms with Crippen molar-refractivity contribution in [3.8, 4) is 0 Å². The molecule has 1 aliphatic heterocycles. The van der Waals surface area contributed by atoms with Gasteiger partial charge < -0.3 is 10.6 Å². The van der Waals surface area contributed by atoms with Crippen LogP contribution in [0, 0.1) is 5.92 Å². The van der Waals surface area contributed by atoms with Gasteiger partial charge in [0.2, 0.25) is 5.91 Å². The monoisotopic (exact) mass is 281 g/mol. The van der Waals surface area contributed by atoms with E-state index in [2.05, 4.69) is 29.4 Å². The molecule has 1 aliphatic carbocycles. The molecule has 0 bridgehead atoms. The van der Waals surface area contributed by atoms with Gasteiger partial charge in [-0.05, 0) is 71.5 Å². The summed E-state index contributed by atoms with van der Waals surface area (Å²) < 4.78 is 0. The quantitative estimate of drug-likeness (QED) is 0.747. The van der Waals surface area contributed by atoms with Crippen LogP contribution in [0.25, 0.3) is 0 Å². The largest absolute Gasteiger partial charge is 0.352 e. The van der Waals surface area contributed by atoms with E-state index in [1.165, 1.54) is 32.2 Å². The summed E-state index contributed by atoms with van der Waals surface area (Å²) in [6.07, 6.45) is 6.17. The van der Waals surface area contributed by atoms with E-state index < -0.39 is 0 Å². The van der Waals surface area contributed by atoms with Crippen molar-refractivity contribution >= 4 is 5.91 Å². The SMILES string of the molecule is CCC(C)NC(=O)C(C)N1CCC(CNC2CC2)CC1. The Morgan fingerprint density at radius 2 is 1.85 bits per heavy atom. The van der Waals surface area contributed by atoms with Crippen LogP contribution in [-0.4, -0.2) is 48.6 Å². The zero-order valence-electron chi connectivity index (χ0n) is 13.3. The van der Waals surface area contributed by atoms with Crippen molar-refractivity contribution in [2.75, 3.05) is 19.6 Å². The average Bonchev–Trinajstić information content (AvgIpc) is 3.29. The van der Waals surface area contributed by atoms with E-state index in [9.17, 15) is 4.79 Å². The highest BCUT2D eigenvalue weighted by atomic mass is 16.2. The fourth-order valence-corrected chi connectivity index (χ4v) is 2.80. The lowest BCUT2D eigenvalue weighted by Crippen LogP contribution is -2.50. The molecule has 1 saturated carbocycles. The summed E-state index contributed by atoms with van der Waals surface area (Å²) >= 11 is 0. The molecule has 0 radical (unpaired) electrons. The lowest BCUT2D eigenvalue weighted by molar-refractivity contribution is -0.127. The van der Waals surface area contributed by atoms with Gasteiger partial charge in [0, 0.05) is 12.1 Å². The summed E-state index contributed by atoms with van der Waals surface area (Å²) in [5, 5.41) is 6.72. The average molecular weight is 281 g/mol. The molecule has 20 heavy (non-hydrogen) atoms. The molecule has 1 saturated heterocycles. The number of nitrogens with one attached hydrogen (secondary N) is 2. The highest BCUT2D eigenvalue weighted by molar-refractivity contribution is 5.81. The Bertz CT molecular complexity index is 309. The second-order valence-corrected chi connectivity index (χ2v) is 6.66. The Kier molecular flexibility index (Phi) is 5.85. The van der Waals surface area contributed by atoms with Crippen molar-refractivity contribution in [2.24, 2.45) is 5.92 Å². The standard InChI is InChI=1S/C16H31N3O/c1-4-12(2)18-16(20)13(3)19-9-7-14(8-10-19)11-17-15-5-6-15/h12-15,17H,4-11H2,1-3H3,(H,18,20). The van der Waals surface area contributed by atoms with Crippen molar-refractivity contribution in [3.05, 3.63) is 0 Å². The maximum absolute atomic E-state index is 12.2. The highest BCUT2D eigenvalue weighted by Gasteiger charge is 2.28. The number of hydrogen-bond acceptors (Lipinski definition) is 3.